The van der Waals surface area contributed by atoms with Crippen LogP contribution >= 0.6 is 11.3 Å². The predicted molar refractivity (Wildman–Crippen MR) is 100 cm³/mol. The molecule has 0 saturated carbocycles. The number of amides is 1. The molecule has 0 aliphatic carbocycles. The maximum Gasteiger partial charge on any atom is 0.330 e. The van der Waals surface area contributed by atoms with Gasteiger partial charge in [0.15, 0.2) is 18.9 Å². The van der Waals surface area contributed by atoms with Crippen LogP contribution in [0, 0.1) is 0 Å². The molecule has 0 bridgehead atoms. The van der Waals surface area contributed by atoms with E-state index in [1.807, 2.05) is 16.8 Å². The number of aromatic nitrogens is 4. The molecular weight excluding hydrogens is 382 g/mol. The molecule has 10 heteroatoms. The van der Waals surface area contributed by atoms with Crippen molar-refractivity contribution in [3.63, 3.8) is 0 Å². The molecule has 3 rings (SSSR count). The first-order valence-corrected chi connectivity index (χ1v) is 9.28. The molecule has 1 aromatic carbocycles. The van der Waals surface area contributed by atoms with Gasteiger partial charge < -0.3 is 10.1 Å². The quantitative estimate of drug-likeness (QED) is 0.450. The van der Waals surface area contributed by atoms with Crippen molar-refractivity contribution in [2.75, 3.05) is 6.61 Å². The summed E-state index contributed by atoms with van der Waals surface area (Å²) >= 11 is 1.51. The summed E-state index contributed by atoms with van der Waals surface area (Å²) in [6.07, 6.45) is 0. The van der Waals surface area contributed by atoms with Crippen LogP contribution in [0.15, 0.2) is 41.1 Å². The monoisotopic (exact) mass is 399 g/mol. The summed E-state index contributed by atoms with van der Waals surface area (Å²) < 4.78 is 5.00. The van der Waals surface area contributed by atoms with Gasteiger partial charge in [0.05, 0.1) is 0 Å². The molecule has 3 aromatic rings. The van der Waals surface area contributed by atoms with Crippen LogP contribution in [0.2, 0.25) is 0 Å². The highest BCUT2D eigenvalue weighted by molar-refractivity contribution is 7.08. The van der Waals surface area contributed by atoms with Crippen molar-refractivity contribution in [1.29, 1.82) is 0 Å². The Hall–Kier alpha value is -3.40. The first-order valence-electron chi connectivity index (χ1n) is 8.34. The lowest BCUT2D eigenvalue weighted by Crippen LogP contribution is -2.20. The van der Waals surface area contributed by atoms with E-state index in [-0.39, 0.29) is 24.8 Å². The Bertz CT molecular complexity index is 966. The van der Waals surface area contributed by atoms with Crippen LogP contribution in [0.4, 0.5) is 0 Å². The Kier molecular flexibility index (Phi) is 6.22. The molecule has 2 heterocycles. The standard InChI is InChI=1S/C18H17N5O4S/c1-12(24)19-8-13-2-4-14(5-3-13)16(25)10-27-17(26)9-23-21-18(20-22-23)15-6-7-28-11-15/h2-7,11H,8-10H2,1H3,(H,19,24). The first kappa shape index (κ1) is 19.4. The molecule has 0 unspecified atom stereocenters. The van der Waals surface area contributed by atoms with Crippen LogP contribution < -0.4 is 5.32 Å². The summed E-state index contributed by atoms with van der Waals surface area (Å²) in [6.45, 7) is 1.21. The number of hydrogen-bond acceptors (Lipinski definition) is 8. The minimum atomic E-state index is -0.634. The Morgan fingerprint density at radius 3 is 2.64 bits per heavy atom. The van der Waals surface area contributed by atoms with E-state index in [2.05, 4.69) is 20.7 Å². The lowest BCUT2D eigenvalue weighted by atomic mass is 10.1. The van der Waals surface area contributed by atoms with Crippen LogP contribution in [0.3, 0.4) is 0 Å². The molecule has 0 radical (unpaired) electrons. The van der Waals surface area contributed by atoms with Gasteiger partial charge in [-0.3, -0.25) is 9.59 Å². The van der Waals surface area contributed by atoms with Crippen LogP contribution in [-0.2, 0) is 27.4 Å². The number of carbonyl (C=O) groups excluding carboxylic acids is 3. The molecular formula is C18H17N5O4S. The van der Waals surface area contributed by atoms with E-state index in [4.69, 9.17) is 4.74 Å². The van der Waals surface area contributed by atoms with Gasteiger partial charge in [-0.05, 0) is 22.2 Å². The van der Waals surface area contributed by atoms with Crippen molar-refractivity contribution in [3.8, 4) is 11.4 Å². The third-order valence-corrected chi connectivity index (χ3v) is 4.37. The number of rotatable bonds is 8. The Balaban J connectivity index is 1.47. The molecule has 2 aromatic heterocycles. The van der Waals surface area contributed by atoms with Crippen molar-refractivity contribution < 1.29 is 19.1 Å². The SMILES string of the molecule is CC(=O)NCc1ccc(C(=O)COC(=O)Cn2nnc(-c3ccsc3)n2)cc1. The van der Waals surface area contributed by atoms with E-state index in [0.717, 1.165) is 15.9 Å². The number of thiophene rings is 1. The second kappa shape index (κ2) is 9.00. The van der Waals surface area contributed by atoms with Gasteiger partial charge in [0.1, 0.15) is 0 Å². The van der Waals surface area contributed by atoms with E-state index in [9.17, 15) is 14.4 Å². The summed E-state index contributed by atoms with van der Waals surface area (Å²) in [5.41, 5.74) is 2.10. The molecule has 0 atom stereocenters. The molecule has 0 aliphatic rings. The van der Waals surface area contributed by atoms with Gasteiger partial charge in [-0.2, -0.15) is 16.1 Å². The first-order chi connectivity index (χ1) is 13.5. The minimum absolute atomic E-state index is 0.128. The van der Waals surface area contributed by atoms with E-state index < -0.39 is 5.97 Å². The largest absolute Gasteiger partial charge is 0.456 e. The summed E-state index contributed by atoms with van der Waals surface area (Å²) in [6, 6.07) is 8.57. The van der Waals surface area contributed by atoms with Crippen molar-refractivity contribution in [2.24, 2.45) is 0 Å². The maximum atomic E-state index is 12.1. The topological polar surface area (TPSA) is 116 Å². The van der Waals surface area contributed by atoms with E-state index in [1.165, 1.54) is 18.3 Å². The zero-order chi connectivity index (χ0) is 19.9. The normalized spacial score (nSPS) is 10.5. The summed E-state index contributed by atoms with van der Waals surface area (Å²) in [4.78, 5) is 36.1. The van der Waals surface area contributed by atoms with Gasteiger partial charge in [-0.25, -0.2) is 4.79 Å². The number of nitrogens with one attached hydrogen (secondary N) is 1. The summed E-state index contributed by atoms with van der Waals surface area (Å²) in [5, 5.41) is 18.2. The highest BCUT2D eigenvalue weighted by Crippen LogP contribution is 2.16. The van der Waals surface area contributed by atoms with Crippen molar-refractivity contribution in [3.05, 3.63) is 52.2 Å². The lowest BCUT2D eigenvalue weighted by molar-refractivity contribution is -0.143. The van der Waals surface area contributed by atoms with Gasteiger partial charge in [0, 0.05) is 30.0 Å². The van der Waals surface area contributed by atoms with Gasteiger partial charge in [-0.1, -0.05) is 24.3 Å². The van der Waals surface area contributed by atoms with Crippen LogP contribution in [0.1, 0.15) is 22.8 Å². The predicted octanol–water partition coefficient (Wildman–Crippen LogP) is 1.46. The zero-order valence-corrected chi connectivity index (χ0v) is 15.8. The maximum absolute atomic E-state index is 12.1. The van der Waals surface area contributed by atoms with Crippen molar-refractivity contribution in [1.82, 2.24) is 25.5 Å². The Morgan fingerprint density at radius 2 is 1.96 bits per heavy atom. The number of nitrogens with zero attached hydrogens (tertiary/aromatic N) is 4. The van der Waals surface area contributed by atoms with Crippen molar-refractivity contribution >= 4 is 29.0 Å². The molecule has 0 saturated heterocycles. The molecule has 0 fully saturated rings. The fraction of sp³-hybridized carbons (Fsp3) is 0.222. The smallest absolute Gasteiger partial charge is 0.330 e. The third-order valence-electron chi connectivity index (χ3n) is 3.68. The van der Waals surface area contributed by atoms with Gasteiger partial charge in [0.25, 0.3) is 0 Å². The van der Waals surface area contributed by atoms with Crippen LogP contribution in [-0.4, -0.2) is 44.5 Å². The van der Waals surface area contributed by atoms with E-state index >= 15 is 0 Å². The number of Topliss-reactive ketones (excluding diaryl/α,β-unsaturated/α-hetero) is 1. The second-order valence-electron chi connectivity index (χ2n) is 5.85. The second-order valence-corrected chi connectivity index (χ2v) is 6.63. The molecule has 0 spiro atoms. The lowest BCUT2D eigenvalue weighted by Gasteiger charge is -2.06. The Labute approximate surface area is 164 Å². The van der Waals surface area contributed by atoms with Crippen molar-refractivity contribution in [2.45, 2.75) is 20.0 Å². The highest BCUT2D eigenvalue weighted by atomic mass is 32.1. The number of esters is 1. The molecule has 1 amide bonds. The van der Waals surface area contributed by atoms with E-state index in [1.54, 1.807) is 24.3 Å². The molecule has 9 nitrogen and oxygen atoms in total. The number of tetrazole rings is 1. The molecule has 0 aliphatic heterocycles. The highest BCUT2D eigenvalue weighted by Gasteiger charge is 2.13. The number of carbonyl (C=O) groups is 3. The Morgan fingerprint density at radius 1 is 1.18 bits per heavy atom. The molecule has 1 N–H and O–H groups in total. The fourth-order valence-electron chi connectivity index (χ4n) is 2.24. The number of benzene rings is 1. The zero-order valence-electron chi connectivity index (χ0n) is 15.0. The minimum Gasteiger partial charge on any atom is -0.456 e. The number of ketones is 1. The molecule has 28 heavy (non-hydrogen) atoms. The fourth-order valence-corrected chi connectivity index (χ4v) is 2.88. The average Bonchev–Trinajstić information content (AvgIpc) is 3.36. The van der Waals surface area contributed by atoms with Gasteiger partial charge in [-0.15, -0.1) is 10.2 Å². The van der Waals surface area contributed by atoms with Crippen LogP contribution in [0.25, 0.3) is 11.4 Å². The number of ether oxygens (including phenoxy) is 1. The average molecular weight is 399 g/mol. The summed E-state index contributed by atoms with van der Waals surface area (Å²) in [7, 11) is 0. The number of hydrogen-bond donors (Lipinski definition) is 1. The van der Waals surface area contributed by atoms with E-state index in [0.29, 0.717) is 17.9 Å². The van der Waals surface area contributed by atoms with Crippen LogP contribution in [0.5, 0.6) is 0 Å². The van der Waals surface area contributed by atoms with Gasteiger partial charge >= 0.3 is 5.97 Å². The molecule has 144 valence electrons. The summed E-state index contributed by atoms with van der Waals surface area (Å²) in [5.74, 6) is -0.671. The third kappa shape index (κ3) is 5.30. The van der Waals surface area contributed by atoms with Gasteiger partial charge in [0.2, 0.25) is 11.7 Å².